The SMILES string of the molecule is Cc1ccccc1Cn1cnc2c(NS(=O)(=O)c3ccc(C(C)(C)C)cc3)c(C)c(C)cc21. The highest BCUT2D eigenvalue weighted by Gasteiger charge is 2.21. The summed E-state index contributed by atoms with van der Waals surface area (Å²) in [6.45, 7) is 13.0. The second-order valence-corrected chi connectivity index (χ2v) is 11.4. The molecule has 0 aliphatic carbocycles. The molecule has 0 radical (unpaired) electrons. The van der Waals surface area contributed by atoms with E-state index >= 15 is 0 Å². The molecule has 0 aliphatic heterocycles. The summed E-state index contributed by atoms with van der Waals surface area (Å²) in [7, 11) is -3.76. The average molecular weight is 462 g/mol. The molecule has 0 saturated heterocycles. The number of rotatable bonds is 5. The van der Waals surface area contributed by atoms with Gasteiger partial charge in [-0.2, -0.15) is 0 Å². The van der Waals surface area contributed by atoms with Crippen LogP contribution in [0.25, 0.3) is 11.0 Å². The van der Waals surface area contributed by atoms with E-state index in [-0.39, 0.29) is 10.3 Å². The molecule has 5 nitrogen and oxygen atoms in total. The number of hydrogen-bond donors (Lipinski definition) is 1. The molecule has 0 spiro atoms. The van der Waals surface area contributed by atoms with Crippen LogP contribution in [-0.2, 0) is 22.0 Å². The number of imidazole rings is 1. The Labute approximate surface area is 196 Å². The van der Waals surface area contributed by atoms with E-state index in [1.54, 1.807) is 18.5 Å². The maximum Gasteiger partial charge on any atom is 0.261 e. The van der Waals surface area contributed by atoms with E-state index in [0.717, 1.165) is 22.2 Å². The standard InChI is InChI=1S/C27H31N3O2S/c1-18-9-7-8-10-21(18)16-30-17-28-26-24(30)15-19(2)20(3)25(26)29-33(31,32)23-13-11-22(12-14-23)27(4,5)6/h7-15,17,29H,16H2,1-6H3. The van der Waals surface area contributed by atoms with Gasteiger partial charge in [-0.3, -0.25) is 4.72 Å². The van der Waals surface area contributed by atoms with E-state index in [1.165, 1.54) is 11.1 Å². The molecule has 1 aromatic heterocycles. The van der Waals surface area contributed by atoms with Crippen LogP contribution < -0.4 is 4.72 Å². The molecule has 3 aromatic carbocycles. The Kier molecular flexibility index (Phi) is 5.83. The van der Waals surface area contributed by atoms with Gasteiger partial charge in [0.05, 0.1) is 22.4 Å². The van der Waals surface area contributed by atoms with E-state index < -0.39 is 10.0 Å². The fourth-order valence-corrected chi connectivity index (χ4v) is 5.10. The number of benzene rings is 3. The van der Waals surface area contributed by atoms with Gasteiger partial charge in [-0.05, 0) is 72.2 Å². The Hall–Kier alpha value is -3.12. The Morgan fingerprint density at radius 1 is 0.939 bits per heavy atom. The van der Waals surface area contributed by atoms with Gasteiger partial charge in [0.15, 0.2) is 0 Å². The smallest absolute Gasteiger partial charge is 0.261 e. The van der Waals surface area contributed by atoms with Crippen LogP contribution in [0.3, 0.4) is 0 Å². The summed E-state index contributed by atoms with van der Waals surface area (Å²) in [5, 5.41) is 0. The zero-order chi connectivity index (χ0) is 24.0. The molecule has 1 heterocycles. The number of hydrogen-bond acceptors (Lipinski definition) is 3. The van der Waals surface area contributed by atoms with Crippen molar-refractivity contribution in [3.63, 3.8) is 0 Å². The number of nitrogens with zero attached hydrogens (tertiary/aromatic N) is 2. The Bertz CT molecular complexity index is 1430. The van der Waals surface area contributed by atoms with Crippen LogP contribution in [0.2, 0.25) is 0 Å². The van der Waals surface area contributed by atoms with Gasteiger partial charge in [-0.15, -0.1) is 0 Å². The zero-order valence-corrected chi connectivity index (χ0v) is 20.9. The summed E-state index contributed by atoms with van der Waals surface area (Å²) >= 11 is 0. The minimum Gasteiger partial charge on any atom is -0.326 e. The van der Waals surface area contributed by atoms with Crippen molar-refractivity contribution in [2.24, 2.45) is 0 Å². The van der Waals surface area contributed by atoms with Gasteiger partial charge >= 0.3 is 0 Å². The monoisotopic (exact) mass is 461 g/mol. The van der Waals surface area contributed by atoms with Gasteiger partial charge in [-0.1, -0.05) is 57.2 Å². The van der Waals surface area contributed by atoms with Crippen molar-refractivity contribution >= 4 is 26.7 Å². The first-order valence-corrected chi connectivity index (χ1v) is 12.6. The molecule has 0 bridgehead atoms. The maximum absolute atomic E-state index is 13.3. The lowest BCUT2D eigenvalue weighted by Crippen LogP contribution is -2.16. The van der Waals surface area contributed by atoms with Crippen molar-refractivity contribution < 1.29 is 8.42 Å². The predicted molar refractivity (Wildman–Crippen MR) is 135 cm³/mol. The third-order valence-electron chi connectivity index (χ3n) is 6.30. The van der Waals surface area contributed by atoms with Gasteiger partial charge in [-0.25, -0.2) is 13.4 Å². The Morgan fingerprint density at radius 2 is 1.61 bits per heavy atom. The molecule has 0 unspecified atom stereocenters. The Balaban J connectivity index is 1.74. The fourth-order valence-electron chi connectivity index (χ4n) is 3.97. The molecule has 0 saturated carbocycles. The first kappa shape index (κ1) is 23.1. The van der Waals surface area contributed by atoms with Crippen molar-refractivity contribution in [3.05, 3.63) is 88.7 Å². The molecule has 0 atom stereocenters. The summed E-state index contributed by atoms with van der Waals surface area (Å²) in [5.41, 5.74) is 7.44. The van der Waals surface area contributed by atoms with E-state index in [0.29, 0.717) is 17.7 Å². The summed E-state index contributed by atoms with van der Waals surface area (Å²) in [6, 6.07) is 17.4. The van der Waals surface area contributed by atoms with Gasteiger partial charge in [0, 0.05) is 6.54 Å². The third kappa shape index (κ3) is 4.53. The summed E-state index contributed by atoms with van der Waals surface area (Å²) in [4.78, 5) is 4.85. The highest BCUT2D eigenvalue weighted by Crippen LogP contribution is 2.32. The Morgan fingerprint density at radius 3 is 2.24 bits per heavy atom. The third-order valence-corrected chi connectivity index (χ3v) is 7.67. The molecule has 4 aromatic rings. The lowest BCUT2D eigenvalue weighted by molar-refractivity contribution is 0.587. The summed E-state index contributed by atoms with van der Waals surface area (Å²) in [5.74, 6) is 0. The van der Waals surface area contributed by atoms with Gasteiger partial charge in [0.1, 0.15) is 5.52 Å². The average Bonchev–Trinajstić information content (AvgIpc) is 3.14. The van der Waals surface area contributed by atoms with E-state index in [1.807, 2.05) is 38.1 Å². The van der Waals surface area contributed by atoms with Gasteiger partial charge in [0.2, 0.25) is 0 Å². The molecule has 33 heavy (non-hydrogen) atoms. The van der Waals surface area contributed by atoms with Crippen molar-refractivity contribution in [1.82, 2.24) is 9.55 Å². The summed E-state index contributed by atoms with van der Waals surface area (Å²) in [6.07, 6.45) is 1.78. The quantitative estimate of drug-likeness (QED) is 0.390. The topological polar surface area (TPSA) is 64.0 Å². The minimum atomic E-state index is -3.76. The molecule has 0 aliphatic rings. The van der Waals surface area contributed by atoms with Crippen molar-refractivity contribution in [2.45, 2.75) is 58.4 Å². The number of anilines is 1. The first-order valence-electron chi connectivity index (χ1n) is 11.1. The van der Waals surface area contributed by atoms with E-state index in [4.69, 9.17) is 0 Å². The molecule has 1 N–H and O–H groups in total. The van der Waals surface area contributed by atoms with Crippen LogP contribution in [0.5, 0.6) is 0 Å². The second-order valence-electron chi connectivity index (χ2n) is 9.74. The molecule has 4 rings (SSSR count). The fraction of sp³-hybridized carbons (Fsp3) is 0.296. The molecular formula is C27H31N3O2S. The highest BCUT2D eigenvalue weighted by atomic mass is 32.2. The van der Waals surface area contributed by atoms with Crippen LogP contribution in [0.1, 0.15) is 48.6 Å². The number of sulfonamides is 1. The maximum atomic E-state index is 13.3. The number of aromatic nitrogens is 2. The predicted octanol–water partition coefficient (Wildman–Crippen LogP) is 6.11. The normalized spacial score (nSPS) is 12.3. The number of nitrogens with one attached hydrogen (secondary N) is 1. The molecule has 172 valence electrons. The molecule has 0 fully saturated rings. The minimum absolute atomic E-state index is 0.0427. The highest BCUT2D eigenvalue weighted by molar-refractivity contribution is 7.92. The van der Waals surface area contributed by atoms with Gasteiger partial charge in [0.25, 0.3) is 10.0 Å². The zero-order valence-electron chi connectivity index (χ0n) is 20.1. The summed E-state index contributed by atoms with van der Waals surface area (Å²) < 4.78 is 31.4. The molecule has 0 amide bonds. The van der Waals surface area contributed by atoms with Crippen LogP contribution >= 0.6 is 0 Å². The largest absolute Gasteiger partial charge is 0.326 e. The van der Waals surface area contributed by atoms with Crippen LogP contribution in [0.15, 0.2) is 65.8 Å². The molecule has 6 heteroatoms. The molecular weight excluding hydrogens is 430 g/mol. The van der Waals surface area contributed by atoms with Crippen LogP contribution in [0, 0.1) is 20.8 Å². The van der Waals surface area contributed by atoms with Crippen molar-refractivity contribution in [2.75, 3.05) is 4.72 Å². The first-order chi connectivity index (χ1) is 15.5. The van der Waals surface area contributed by atoms with Gasteiger partial charge < -0.3 is 4.57 Å². The van der Waals surface area contributed by atoms with E-state index in [9.17, 15) is 8.42 Å². The lowest BCUT2D eigenvalue weighted by atomic mass is 9.87. The van der Waals surface area contributed by atoms with Crippen LogP contribution in [-0.4, -0.2) is 18.0 Å². The van der Waals surface area contributed by atoms with Crippen molar-refractivity contribution in [1.29, 1.82) is 0 Å². The van der Waals surface area contributed by atoms with Crippen molar-refractivity contribution in [3.8, 4) is 0 Å². The number of aryl methyl sites for hydroxylation is 2. The number of fused-ring (bicyclic) bond motifs is 1. The second kappa shape index (κ2) is 8.34. The lowest BCUT2D eigenvalue weighted by Gasteiger charge is -2.19. The van der Waals surface area contributed by atoms with Crippen LogP contribution in [0.4, 0.5) is 5.69 Å². The van der Waals surface area contributed by atoms with E-state index in [2.05, 4.69) is 60.2 Å².